The monoisotopic (exact) mass is 595 g/mol. The Balaban J connectivity index is 1.28. The van der Waals surface area contributed by atoms with Crippen molar-refractivity contribution in [2.75, 3.05) is 25.5 Å². The van der Waals surface area contributed by atoms with Gasteiger partial charge in [0.15, 0.2) is 5.69 Å². The minimum Gasteiger partial charge on any atom is -0.497 e. The zero-order valence-electron chi connectivity index (χ0n) is 23.7. The lowest BCUT2D eigenvalue weighted by Crippen LogP contribution is -2.27. The minimum absolute atomic E-state index is 0.234. The Morgan fingerprint density at radius 1 is 1.12 bits per heavy atom. The van der Waals surface area contributed by atoms with Gasteiger partial charge in [-0.15, -0.1) is 0 Å². The molecule has 11 heteroatoms. The van der Waals surface area contributed by atoms with Crippen LogP contribution in [0.25, 0.3) is 10.9 Å². The number of hydrogen-bond donors (Lipinski definition) is 2. The number of nitrogens with zero attached hydrogens (tertiary/aromatic N) is 6. The molecule has 3 fully saturated rings. The van der Waals surface area contributed by atoms with Gasteiger partial charge in [0, 0.05) is 25.0 Å². The molecule has 0 unspecified atom stereocenters. The van der Waals surface area contributed by atoms with Crippen molar-refractivity contribution >= 4 is 34.4 Å². The maximum absolute atomic E-state index is 11.6. The third-order valence-corrected chi connectivity index (χ3v) is 8.79. The fourth-order valence-electron chi connectivity index (χ4n) is 5.89. The molecule has 2 aromatic carbocycles. The Labute approximate surface area is 253 Å². The van der Waals surface area contributed by atoms with Crippen LogP contribution in [-0.2, 0) is 6.54 Å². The van der Waals surface area contributed by atoms with E-state index in [4.69, 9.17) is 26.5 Å². The van der Waals surface area contributed by atoms with Gasteiger partial charge in [-0.2, -0.15) is 15.5 Å². The van der Waals surface area contributed by atoms with Crippen LogP contribution in [-0.4, -0.2) is 55.9 Å². The van der Waals surface area contributed by atoms with E-state index in [-0.39, 0.29) is 12.6 Å². The van der Waals surface area contributed by atoms with Crippen molar-refractivity contribution in [2.24, 2.45) is 0 Å². The van der Waals surface area contributed by atoms with Crippen LogP contribution in [0.15, 0.2) is 36.5 Å². The maximum Gasteiger partial charge on any atom is 0.407 e. The number of nitrogens with one attached hydrogen (secondary N) is 1. The highest BCUT2D eigenvalue weighted by Gasteiger charge is 2.33. The van der Waals surface area contributed by atoms with Crippen LogP contribution in [0.5, 0.6) is 5.75 Å². The van der Waals surface area contributed by atoms with E-state index in [0.717, 1.165) is 47.9 Å². The van der Waals surface area contributed by atoms with Crippen molar-refractivity contribution in [3.05, 3.63) is 69.5 Å². The third-order valence-electron chi connectivity index (χ3n) is 8.50. The molecule has 0 spiro atoms. The molecule has 2 N–H and O–H groups in total. The van der Waals surface area contributed by atoms with Crippen LogP contribution in [0.1, 0.15) is 78.1 Å². The van der Waals surface area contributed by atoms with E-state index in [2.05, 4.69) is 27.9 Å². The number of benzene rings is 2. The van der Waals surface area contributed by atoms with E-state index in [1.165, 1.54) is 10.5 Å². The molecule has 1 saturated heterocycles. The van der Waals surface area contributed by atoms with E-state index in [1.807, 2.05) is 36.5 Å². The van der Waals surface area contributed by atoms with Crippen molar-refractivity contribution in [2.45, 2.75) is 56.7 Å². The number of halogens is 1. The lowest BCUT2D eigenvalue weighted by atomic mass is 10.0. The Kier molecular flexibility index (Phi) is 6.87. The van der Waals surface area contributed by atoms with Gasteiger partial charge < -0.3 is 20.1 Å². The van der Waals surface area contributed by atoms with E-state index < -0.39 is 6.09 Å². The molecule has 10 nitrogen and oxygen atoms in total. The number of rotatable bonds is 7. The molecular weight excluding hydrogens is 566 g/mol. The number of amides is 1. The van der Waals surface area contributed by atoms with Gasteiger partial charge in [-0.3, -0.25) is 4.68 Å². The number of aromatic nitrogens is 4. The number of fused-ring (bicyclic) bond motifs is 1. The molecular formula is C32H30ClN7O3. The molecule has 1 amide bonds. The van der Waals surface area contributed by atoms with Gasteiger partial charge in [0.25, 0.3) is 0 Å². The number of ether oxygens (including phenoxy) is 1. The number of anilines is 1. The van der Waals surface area contributed by atoms with Gasteiger partial charge in [0.2, 0.25) is 0 Å². The Bertz CT molecular complexity index is 1830. The van der Waals surface area contributed by atoms with Gasteiger partial charge in [-0.25, -0.2) is 9.48 Å². The molecule has 43 heavy (non-hydrogen) atoms. The second kappa shape index (κ2) is 10.9. The molecule has 2 aromatic heterocycles. The smallest absolute Gasteiger partial charge is 0.407 e. The van der Waals surface area contributed by atoms with Gasteiger partial charge in [0.05, 0.1) is 41.5 Å². The second-order valence-corrected chi connectivity index (χ2v) is 11.8. The van der Waals surface area contributed by atoms with Gasteiger partial charge in [-0.05, 0) is 73.3 Å². The molecule has 3 heterocycles. The summed E-state index contributed by atoms with van der Waals surface area (Å²) in [6.07, 6.45) is 6.03. The largest absolute Gasteiger partial charge is 0.497 e. The number of hydrogen-bond acceptors (Lipinski definition) is 6. The van der Waals surface area contributed by atoms with Crippen LogP contribution in [0, 0.1) is 23.2 Å². The molecule has 4 aromatic rings. The zero-order chi connectivity index (χ0) is 29.7. The number of carboxylic acid groups (broad SMARTS) is 1. The summed E-state index contributed by atoms with van der Waals surface area (Å²) in [5.41, 5.74) is 4.65. The predicted molar refractivity (Wildman–Crippen MR) is 161 cm³/mol. The Morgan fingerprint density at radius 2 is 1.91 bits per heavy atom. The molecule has 0 bridgehead atoms. The molecule has 2 saturated carbocycles. The lowest BCUT2D eigenvalue weighted by molar-refractivity contribution is 0.154. The first kappa shape index (κ1) is 27.2. The van der Waals surface area contributed by atoms with Crippen molar-refractivity contribution in [3.8, 4) is 23.7 Å². The van der Waals surface area contributed by atoms with Gasteiger partial charge in [0.1, 0.15) is 23.2 Å². The maximum atomic E-state index is 11.6. The van der Waals surface area contributed by atoms with Crippen molar-refractivity contribution in [3.63, 3.8) is 0 Å². The third kappa shape index (κ3) is 5.13. The van der Waals surface area contributed by atoms with Crippen LogP contribution >= 0.6 is 11.6 Å². The molecule has 3 aliphatic rings. The molecule has 0 radical (unpaired) electrons. The van der Waals surface area contributed by atoms with Crippen LogP contribution in [0.3, 0.4) is 0 Å². The van der Waals surface area contributed by atoms with Crippen LogP contribution in [0.4, 0.5) is 10.6 Å². The summed E-state index contributed by atoms with van der Waals surface area (Å²) in [4.78, 5) is 13.0. The van der Waals surface area contributed by atoms with Gasteiger partial charge >= 0.3 is 6.09 Å². The summed E-state index contributed by atoms with van der Waals surface area (Å²) in [6.45, 7) is 1.11. The fraction of sp³-hybridized carbons (Fsp3) is 0.375. The van der Waals surface area contributed by atoms with E-state index in [9.17, 15) is 15.2 Å². The van der Waals surface area contributed by atoms with E-state index in [1.54, 1.807) is 11.8 Å². The Morgan fingerprint density at radius 3 is 2.56 bits per heavy atom. The normalized spacial score (nSPS) is 17.9. The Hall–Kier alpha value is -4.67. The predicted octanol–water partition coefficient (Wildman–Crippen LogP) is 5.92. The summed E-state index contributed by atoms with van der Waals surface area (Å²) in [5.74, 6) is 8.17. The SMILES string of the molecule is COc1ccc(CNc2c(C#N)c(C#Cc3c(Cl)cc(C4CC4)c4c3cnn4C3CC3)nn2[C@H]2CCN(C(=O)O)C2)cc1. The van der Waals surface area contributed by atoms with E-state index >= 15 is 0 Å². The number of likely N-dealkylation sites (tertiary alicyclic amines) is 1. The highest BCUT2D eigenvalue weighted by Crippen LogP contribution is 2.47. The van der Waals surface area contributed by atoms with Crippen molar-refractivity contribution in [1.29, 1.82) is 5.26 Å². The quantitative estimate of drug-likeness (QED) is 0.255. The highest BCUT2D eigenvalue weighted by atomic mass is 35.5. The average Bonchev–Trinajstić information content (AvgIpc) is 3.91. The summed E-state index contributed by atoms with van der Waals surface area (Å²) >= 11 is 6.84. The van der Waals surface area contributed by atoms with Crippen LogP contribution < -0.4 is 10.1 Å². The summed E-state index contributed by atoms with van der Waals surface area (Å²) in [7, 11) is 1.62. The van der Waals surface area contributed by atoms with Crippen LogP contribution in [0.2, 0.25) is 5.02 Å². The summed E-state index contributed by atoms with van der Waals surface area (Å²) in [5, 5.41) is 34.2. The molecule has 1 aliphatic heterocycles. The number of nitriles is 1. The first-order valence-corrected chi connectivity index (χ1v) is 14.9. The fourth-order valence-corrected chi connectivity index (χ4v) is 6.16. The summed E-state index contributed by atoms with van der Waals surface area (Å²) < 4.78 is 9.13. The lowest BCUT2D eigenvalue weighted by Gasteiger charge is -2.16. The zero-order valence-corrected chi connectivity index (χ0v) is 24.4. The topological polar surface area (TPSA) is 121 Å². The first-order valence-electron chi connectivity index (χ1n) is 14.5. The van der Waals surface area contributed by atoms with E-state index in [0.29, 0.717) is 59.1 Å². The van der Waals surface area contributed by atoms with Crippen molar-refractivity contribution in [1.82, 2.24) is 24.5 Å². The number of methoxy groups -OCH3 is 1. The standard InChI is InChI=1S/C32H30ClN7O3/c1-43-23-8-2-19(3-9-23)16-35-31-26(15-34)29(37-40(31)22-12-13-38(18-22)32(41)42)11-10-24-27-17-36-39(21-6-7-21)30(27)25(14-28(24)33)20-4-5-20/h2-3,8-9,14,17,20-22,35H,4-7,12-13,16,18H2,1H3,(H,41,42)/t22-/m0/s1. The molecule has 7 rings (SSSR count). The van der Waals surface area contributed by atoms with Gasteiger partial charge in [-0.1, -0.05) is 29.7 Å². The molecule has 218 valence electrons. The molecule has 2 aliphatic carbocycles. The molecule has 1 atom stereocenters. The number of carbonyl (C=O) groups is 1. The average molecular weight is 596 g/mol. The minimum atomic E-state index is -0.969. The first-order chi connectivity index (χ1) is 20.9. The summed E-state index contributed by atoms with van der Waals surface area (Å²) in [6, 6.07) is 12.2. The van der Waals surface area contributed by atoms with Crippen molar-refractivity contribution < 1.29 is 14.6 Å². The second-order valence-electron chi connectivity index (χ2n) is 11.4. The highest BCUT2D eigenvalue weighted by molar-refractivity contribution is 6.33.